The first-order chi connectivity index (χ1) is 9.65. The van der Waals surface area contributed by atoms with E-state index in [1.54, 1.807) is 6.07 Å². The topological polar surface area (TPSA) is 75.9 Å². The van der Waals surface area contributed by atoms with Crippen LogP contribution in [0.3, 0.4) is 0 Å². The molecule has 0 aromatic heterocycles. The summed E-state index contributed by atoms with van der Waals surface area (Å²) in [6.45, 7) is 3.56. The van der Waals surface area contributed by atoms with E-state index in [0.29, 0.717) is 12.3 Å². The molecule has 108 valence electrons. The maximum absolute atomic E-state index is 10.8. The Labute approximate surface area is 116 Å². The number of anilines is 1. The van der Waals surface area contributed by atoms with Crippen LogP contribution in [0.15, 0.2) is 18.2 Å². The van der Waals surface area contributed by atoms with Gasteiger partial charge in [-0.3, -0.25) is 15.0 Å². The molecule has 7 nitrogen and oxygen atoms in total. The smallest absolute Gasteiger partial charge is 0.273 e. The Morgan fingerprint density at radius 2 is 2.05 bits per heavy atom. The van der Waals surface area contributed by atoms with E-state index < -0.39 is 4.92 Å². The predicted octanol–water partition coefficient (Wildman–Crippen LogP) is 0.924. The van der Waals surface area contributed by atoms with E-state index in [4.69, 9.17) is 4.74 Å². The molecule has 7 heteroatoms. The second kappa shape index (κ2) is 6.33. The number of ether oxygens (including phenoxy) is 1. The summed E-state index contributed by atoms with van der Waals surface area (Å²) in [5.74, 6) is 0.503. The molecule has 0 atom stereocenters. The minimum absolute atomic E-state index is 0.0187. The maximum atomic E-state index is 10.8. The van der Waals surface area contributed by atoms with Gasteiger partial charge in [0.1, 0.15) is 12.0 Å². The van der Waals surface area contributed by atoms with Gasteiger partial charge in [-0.1, -0.05) is 0 Å². The molecule has 0 bridgehead atoms. The van der Waals surface area contributed by atoms with Crippen molar-refractivity contribution in [3.8, 4) is 5.75 Å². The second-order valence-electron chi connectivity index (χ2n) is 4.57. The highest BCUT2D eigenvalue weighted by molar-refractivity contribution is 5.62. The van der Waals surface area contributed by atoms with Crippen LogP contribution < -0.4 is 9.64 Å². The zero-order valence-corrected chi connectivity index (χ0v) is 11.3. The van der Waals surface area contributed by atoms with Crippen molar-refractivity contribution in [1.29, 1.82) is 0 Å². The average Bonchev–Trinajstić information content (AvgIpc) is 2.47. The van der Waals surface area contributed by atoms with Gasteiger partial charge in [-0.15, -0.1) is 0 Å². The summed E-state index contributed by atoms with van der Waals surface area (Å²) in [4.78, 5) is 25.0. The SMILES string of the molecule is COc1cc([N+](=O)[O-])ccc1N1CCN(CC=O)CC1. The van der Waals surface area contributed by atoms with E-state index in [1.165, 1.54) is 19.2 Å². The van der Waals surface area contributed by atoms with E-state index in [2.05, 4.69) is 9.80 Å². The third-order valence-corrected chi connectivity index (χ3v) is 3.42. The standard InChI is InChI=1S/C13H17N3O4/c1-20-13-10-11(16(18)19)2-3-12(13)15-6-4-14(5-7-15)8-9-17/h2-3,9-10H,4-8H2,1H3. The predicted molar refractivity (Wildman–Crippen MR) is 74.4 cm³/mol. The quantitative estimate of drug-likeness (QED) is 0.453. The molecule has 1 saturated heterocycles. The zero-order valence-electron chi connectivity index (χ0n) is 11.3. The minimum atomic E-state index is -0.436. The normalized spacial score (nSPS) is 15.9. The molecule has 1 aromatic rings. The lowest BCUT2D eigenvalue weighted by molar-refractivity contribution is -0.384. The number of carbonyl (C=O) groups excluding carboxylic acids is 1. The molecule has 0 unspecified atom stereocenters. The first-order valence-corrected chi connectivity index (χ1v) is 6.39. The summed E-state index contributed by atoms with van der Waals surface area (Å²) in [7, 11) is 1.51. The van der Waals surface area contributed by atoms with Crippen LogP contribution in [0.4, 0.5) is 11.4 Å². The largest absolute Gasteiger partial charge is 0.494 e. The Bertz CT molecular complexity index is 498. The number of rotatable bonds is 5. The van der Waals surface area contributed by atoms with Gasteiger partial charge < -0.3 is 14.4 Å². The number of piperazine rings is 1. The Morgan fingerprint density at radius 3 is 2.60 bits per heavy atom. The van der Waals surface area contributed by atoms with Gasteiger partial charge >= 0.3 is 0 Å². The van der Waals surface area contributed by atoms with Gasteiger partial charge in [0.15, 0.2) is 0 Å². The summed E-state index contributed by atoms with van der Waals surface area (Å²) >= 11 is 0. The summed E-state index contributed by atoms with van der Waals surface area (Å²) < 4.78 is 5.25. The molecule has 20 heavy (non-hydrogen) atoms. The lowest BCUT2D eigenvalue weighted by atomic mass is 10.2. The van der Waals surface area contributed by atoms with Crippen LogP contribution in [-0.2, 0) is 4.79 Å². The van der Waals surface area contributed by atoms with E-state index in [9.17, 15) is 14.9 Å². The molecule has 1 fully saturated rings. The van der Waals surface area contributed by atoms with Crippen molar-refractivity contribution in [2.45, 2.75) is 0 Å². The molecular formula is C13H17N3O4. The third-order valence-electron chi connectivity index (χ3n) is 3.42. The van der Waals surface area contributed by atoms with Gasteiger partial charge in [0.2, 0.25) is 0 Å². The maximum Gasteiger partial charge on any atom is 0.273 e. The van der Waals surface area contributed by atoms with Gasteiger partial charge in [0.05, 0.1) is 30.3 Å². The summed E-state index contributed by atoms with van der Waals surface area (Å²) in [5.41, 5.74) is 0.869. The molecule has 0 amide bonds. The Hall–Kier alpha value is -2.15. The van der Waals surface area contributed by atoms with Gasteiger partial charge in [-0.25, -0.2) is 0 Å². The number of hydrogen-bond donors (Lipinski definition) is 0. The van der Waals surface area contributed by atoms with Crippen molar-refractivity contribution in [1.82, 2.24) is 4.90 Å². The van der Waals surface area contributed by atoms with Crippen molar-refractivity contribution in [2.24, 2.45) is 0 Å². The van der Waals surface area contributed by atoms with Crippen LogP contribution in [0.2, 0.25) is 0 Å². The fourth-order valence-electron chi connectivity index (χ4n) is 2.32. The number of benzene rings is 1. The van der Waals surface area contributed by atoms with Crippen LogP contribution in [0, 0.1) is 10.1 Å². The van der Waals surface area contributed by atoms with Crippen molar-refractivity contribution in [3.05, 3.63) is 28.3 Å². The monoisotopic (exact) mass is 279 g/mol. The molecule has 1 aliphatic heterocycles. The summed E-state index contributed by atoms with van der Waals surface area (Å²) in [5, 5.41) is 10.8. The fourth-order valence-corrected chi connectivity index (χ4v) is 2.32. The van der Waals surface area contributed by atoms with Gasteiger partial charge in [0, 0.05) is 32.2 Å². The molecule has 0 spiro atoms. The van der Waals surface area contributed by atoms with Crippen molar-refractivity contribution in [2.75, 3.05) is 44.7 Å². The molecule has 0 aliphatic carbocycles. The first-order valence-electron chi connectivity index (χ1n) is 6.39. The summed E-state index contributed by atoms with van der Waals surface area (Å²) in [6, 6.07) is 4.63. The molecule has 1 aliphatic rings. The van der Waals surface area contributed by atoms with Gasteiger partial charge in [-0.2, -0.15) is 0 Å². The number of hydrogen-bond acceptors (Lipinski definition) is 6. The highest BCUT2D eigenvalue weighted by atomic mass is 16.6. The number of nitrogens with zero attached hydrogens (tertiary/aromatic N) is 3. The van der Waals surface area contributed by atoms with Crippen LogP contribution >= 0.6 is 0 Å². The van der Waals surface area contributed by atoms with Crippen molar-refractivity contribution >= 4 is 17.7 Å². The average molecular weight is 279 g/mol. The molecule has 1 heterocycles. The number of nitro groups is 1. The molecular weight excluding hydrogens is 262 g/mol. The minimum Gasteiger partial charge on any atom is -0.494 e. The van der Waals surface area contributed by atoms with Crippen LogP contribution in [0.25, 0.3) is 0 Å². The van der Waals surface area contributed by atoms with E-state index in [0.717, 1.165) is 38.2 Å². The lowest BCUT2D eigenvalue weighted by Gasteiger charge is -2.35. The fraction of sp³-hybridized carbons (Fsp3) is 0.462. The van der Waals surface area contributed by atoms with Gasteiger partial charge in [0.25, 0.3) is 5.69 Å². The second-order valence-corrected chi connectivity index (χ2v) is 4.57. The lowest BCUT2D eigenvalue weighted by Crippen LogP contribution is -2.47. The van der Waals surface area contributed by atoms with Crippen molar-refractivity contribution in [3.63, 3.8) is 0 Å². The van der Waals surface area contributed by atoms with E-state index >= 15 is 0 Å². The molecule has 1 aromatic carbocycles. The van der Waals surface area contributed by atoms with Gasteiger partial charge in [-0.05, 0) is 6.07 Å². The van der Waals surface area contributed by atoms with E-state index in [1.807, 2.05) is 0 Å². The molecule has 0 radical (unpaired) electrons. The van der Waals surface area contributed by atoms with Crippen LogP contribution in [0.1, 0.15) is 0 Å². The number of methoxy groups -OCH3 is 1. The highest BCUT2D eigenvalue weighted by Crippen LogP contribution is 2.32. The summed E-state index contributed by atoms with van der Waals surface area (Å²) in [6.07, 6.45) is 0.905. The highest BCUT2D eigenvalue weighted by Gasteiger charge is 2.21. The van der Waals surface area contributed by atoms with E-state index in [-0.39, 0.29) is 5.69 Å². The van der Waals surface area contributed by atoms with Crippen LogP contribution in [0.5, 0.6) is 5.75 Å². The Morgan fingerprint density at radius 1 is 1.35 bits per heavy atom. The van der Waals surface area contributed by atoms with Crippen LogP contribution in [-0.4, -0.2) is 55.9 Å². The molecule has 2 rings (SSSR count). The third kappa shape index (κ3) is 3.05. The van der Waals surface area contributed by atoms with Crippen molar-refractivity contribution < 1.29 is 14.5 Å². The number of aldehydes is 1. The zero-order chi connectivity index (χ0) is 14.5. The number of carbonyl (C=O) groups is 1. The number of non-ortho nitro benzene ring substituents is 1. The first kappa shape index (κ1) is 14.3. The molecule has 0 N–H and O–H groups in total. The number of nitro benzene ring substituents is 1. The Kier molecular flexibility index (Phi) is 4.52. The Balaban J connectivity index is 2.13. The molecule has 0 saturated carbocycles.